The van der Waals surface area contributed by atoms with Crippen molar-refractivity contribution in [2.45, 2.75) is 6.92 Å². The minimum absolute atomic E-state index is 0.230. The van der Waals surface area contributed by atoms with Crippen molar-refractivity contribution in [2.24, 2.45) is 0 Å². The molecule has 0 bridgehead atoms. The maximum absolute atomic E-state index is 13.0. The topological polar surface area (TPSA) is 24.9 Å². The molecule has 78 valence electrons. The highest BCUT2D eigenvalue weighted by atomic mass is 32.1. The van der Waals surface area contributed by atoms with Gasteiger partial charge in [-0.3, -0.25) is 0 Å². The van der Waals surface area contributed by atoms with Crippen LogP contribution in [0.2, 0.25) is 0 Å². The van der Waals surface area contributed by atoms with Crippen LogP contribution in [0.25, 0.3) is 10.6 Å². The number of halogens is 1. The molecule has 0 amide bonds. The Kier molecular flexibility index (Phi) is 2.68. The number of aryl methyl sites for hydroxylation is 1. The lowest BCUT2D eigenvalue weighted by Gasteiger charge is -1.95. The first kappa shape index (κ1) is 10.1. The van der Waals surface area contributed by atoms with Gasteiger partial charge in [0.15, 0.2) is 0 Å². The maximum atomic E-state index is 13.0. The zero-order valence-electron chi connectivity index (χ0n) is 8.54. The molecule has 1 aromatic carbocycles. The van der Waals surface area contributed by atoms with Crippen LogP contribution in [0.4, 0.5) is 9.39 Å². The summed E-state index contributed by atoms with van der Waals surface area (Å²) in [6.07, 6.45) is 0. The van der Waals surface area contributed by atoms with Gasteiger partial charge in [0.05, 0.1) is 5.69 Å². The largest absolute Gasteiger partial charge is 0.378 e. The number of anilines is 1. The summed E-state index contributed by atoms with van der Waals surface area (Å²) in [5, 5.41) is 4.93. The minimum atomic E-state index is -0.230. The molecule has 4 heteroatoms. The smallest absolute Gasteiger partial charge is 0.125 e. The Morgan fingerprint density at radius 3 is 2.80 bits per heavy atom. The summed E-state index contributed by atoms with van der Waals surface area (Å²) in [5.74, 6) is -0.230. The van der Waals surface area contributed by atoms with E-state index in [1.165, 1.54) is 23.5 Å². The van der Waals surface area contributed by atoms with Crippen molar-refractivity contribution in [3.63, 3.8) is 0 Å². The first-order valence-electron chi connectivity index (χ1n) is 4.62. The summed E-state index contributed by atoms with van der Waals surface area (Å²) >= 11 is 1.53. The monoisotopic (exact) mass is 222 g/mol. The third kappa shape index (κ3) is 1.99. The van der Waals surface area contributed by atoms with Gasteiger partial charge < -0.3 is 5.32 Å². The molecule has 1 aromatic heterocycles. The van der Waals surface area contributed by atoms with Gasteiger partial charge in [-0.05, 0) is 19.1 Å². The third-order valence-corrected chi connectivity index (χ3v) is 3.32. The zero-order valence-corrected chi connectivity index (χ0v) is 9.36. The molecule has 0 fully saturated rings. The molecule has 2 nitrogen and oxygen atoms in total. The average Bonchev–Trinajstić information content (AvgIpc) is 2.60. The Morgan fingerprint density at radius 2 is 2.20 bits per heavy atom. The quantitative estimate of drug-likeness (QED) is 0.843. The standard InChI is InChI=1S/C11H11FN2S/c1-7-10(13-2)15-11(14-7)8-4-3-5-9(12)6-8/h3-6,13H,1-2H3. The summed E-state index contributed by atoms with van der Waals surface area (Å²) < 4.78 is 13.0. The second kappa shape index (κ2) is 3.98. The van der Waals surface area contributed by atoms with Crippen molar-refractivity contribution < 1.29 is 4.39 Å². The fourth-order valence-corrected chi connectivity index (χ4v) is 2.29. The molecule has 0 aliphatic carbocycles. The van der Waals surface area contributed by atoms with Gasteiger partial charge in [0.1, 0.15) is 15.8 Å². The molecule has 0 saturated carbocycles. The Morgan fingerprint density at radius 1 is 1.40 bits per heavy atom. The molecule has 0 unspecified atom stereocenters. The van der Waals surface area contributed by atoms with E-state index in [-0.39, 0.29) is 5.82 Å². The molecule has 2 rings (SSSR count). The van der Waals surface area contributed by atoms with Gasteiger partial charge in [0.2, 0.25) is 0 Å². The Balaban J connectivity index is 2.45. The van der Waals surface area contributed by atoms with E-state index in [0.29, 0.717) is 0 Å². The van der Waals surface area contributed by atoms with Crippen LogP contribution in [0.3, 0.4) is 0 Å². The van der Waals surface area contributed by atoms with Crippen LogP contribution >= 0.6 is 11.3 Å². The van der Waals surface area contributed by atoms with Crippen LogP contribution < -0.4 is 5.32 Å². The van der Waals surface area contributed by atoms with Gasteiger partial charge in [0, 0.05) is 12.6 Å². The molecule has 2 aromatic rings. The van der Waals surface area contributed by atoms with Crippen molar-refractivity contribution in [2.75, 3.05) is 12.4 Å². The zero-order chi connectivity index (χ0) is 10.8. The highest BCUT2D eigenvalue weighted by Gasteiger charge is 2.08. The maximum Gasteiger partial charge on any atom is 0.125 e. The van der Waals surface area contributed by atoms with E-state index in [4.69, 9.17) is 0 Å². The molecular formula is C11H11FN2S. The normalized spacial score (nSPS) is 10.3. The summed E-state index contributed by atoms with van der Waals surface area (Å²) in [6.45, 7) is 1.94. The van der Waals surface area contributed by atoms with E-state index in [9.17, 15) is 4.39 Å². The van der Waals surface area contributed by atoms with Gasteiger partial charge >= 0.3 is 0 Å². The van der Waals surface area contributed by atoms with E-state index in [0.717, 1.165) is 21.3 Å². The lowest BCUT2D eigenvalue weighted by molar-refractivity contribution is 0.628. The molecule has 0 atom stereocenters. The van der Waals surface area contributed by atoms with Crippen LogP contribution in [-0.4, -0.2) is 12.0 Å². The van der Waals surface area contributed by atoms with E-state index >= 15 is 0 Å². The summed E-state index contributed by atoms with van der Waals surface area (Å²) in [6, 6.07) is 6.49. The summed E-state index contributed by atoms with van der Waals surface area (Å²) in [7, 11) is 1.86. The Hall–Kier alpha value is -1.42. The van der Waals surface area contributed by atoms with Crippen LogP contribution in [0.15, 0.2) is 24.3 Å². The molecule has 0 aliphatic rings. The second-order valence-electron chi connectivity index (χ2n) is 3.19. The van der Waals surface area contributed by atoms with E-state index in [1.54, 1.807) is 6.07 Å². The summed E-state index contributed by atoms with van der Waals surface area (Å²) in [5.41, 5.74) is 1.77. The van der Waals surface area contributed by atoms with Crippen LogP contribution in [0.1, 0.15) is 5.69 Å². The van der Waals surface area contributed by atoms with E-state index < -0.39 is 0 Å². The van der Waals surface area contributed by atoms with Crippen LogP contribution in [0.5, 0.6) is 0 Å². The number of hydrogen-bond acceptors (Lipinski definition) is 3. The second-order valence-corrected chi connectivity index (χ2v) is 4.19. The number of thiazole rings is 1. The van der Waals surface area contributed by atoms with Crippen LogP contribution in [-0.2, 0) is 0 Å². The predicted octanol–water partition coefficient (Wildman–Crippen LogP) is 3.30. The average molecular weight is 222 g/mol. The molecule has 0 aliphatic heterocycles. The molecule has 0 spiro atoms. The molecule has 15 heavy (non-hydrogen) atoms. The fraction of sp³-hybridized carbons (Fsp3) is 0.182. The third-order valence-electron chi connectivity index (χ3n) is 2.10. The van der Waals surface area contributed by atoms with Crippen molar-refractivity contribution in [1.29, 1.82) is 0 Å². The Labute approximate surface area is 91.8 Å². The summed E-state index contributed by atoms with van der Waals surface area (Å²) in [4.78, 5) is 4.38. The Bertz CT molecular complexity index is 479. The number of nitrogens with one attached hydrogen (secondary N) is 1. The number of benzene rings is 1. The molecule has 0 saturated heterocycles. The number of aromatic nitrogens is 1. The lowest BCUT2D eigenvalue weighted by atomic mass is 10.2. The van der Waals surface area contributed by atoms with Crippen molar-refractivity contribution in [3.05, 3.63) is 35.8 Å². The van der Waals surface area contributed by atoms with E-state index in [1.807, 2.05) is 20.0 Å². The van der Waals surface area contributed by atoms with E-state index in [2.05, 4.69) is 10.3 Å². The first-order chi connectivity index (χ1) is 7.20. The molecule has 1 heterocycles. The van der Waals surface area contributed by atoms with Crippen molar-refractivity contribution in [1.82, 2.24) is 4.98 Å². The van der Waals surface area contributed by atoms with Gasteiger partial charge in [-0.1, -0.05) is 23.5 Å². The van der Waals surface area contributed by atoms with Gasteiger partial charge in [-0.15, -0.1) is 0 Å². The van der Waals surface area contributed by atoms with Crippen molar-refractivity contribution >= 4 is 16.3 Å². The molecular weight excluding hydrogens is 211 g/mol. The van der Waals surface area contributed by atoms with Gasteiger partial charge in [-0.25, -0.2) is 9.37 Å². The van der Waals surface area contributed by atoms with Crippen molar-refractivity contribution in [3.8, 4) is 10.6 Å². The number of rotatable bonds is 2. The fourth-order valence-electron chi connectivity index (χ4n) is 1.37. The highest BCUT2D eigenvalue weighted by molar-refractivity contribution is 7.19. The number of nitrogens with zero attached hydrogens (tertiary/aromatic N) is 1. The lowest BCUT2D eigenvalue weighted by Crippen LogP contribution is -1.85. The SMILES string of the molecule is CNc1sc(-c2cccc(F)c2)nc1C. The number of hydrogen-bond donors (Lipinski definition) is 1. The van der Waals surface area contributed by atoms with Gasteiger partial charge in [0.25, 0.3) is 0 Å². The predicted molar refractivity (Wildman–Crippen MR) is 61.8 cm³/mol. The molecule has 1 N–H and O–H groups in total. The minimum Gasteiger partial charge on any atom is -0.378 e. The van der Waals surface area contributed by atoms with Gasteiger partial charge in [-0.2, -0.15) is 0 Å². The molecule has 0 radical (unpaired) electrons. The van der Waals surface area contributed by atoms with Crippen LogP contribution in [0, 0.1) is 12.7 Å². The first-order valence-corrected chi connectivity index (χ1v) is 5.43. The highest BCUT2D eigenvalue weighted by Crippen LogP contribution is 2.31.